The van der Waals surface area contributed by atoms with Crippen LogP contribution in [-0.2, 0) is 0 Å². The Hall–Kier alpha value is -2.07. The van der Waals surface area contributed by atoms with E-state index in [1.165, 1.54) is 12.1 Å². The molecule has 0 aromatic heterocycles. The highest BCUT2D eigenvalue weighted by atomic mass is 35.5. The van der Waals surface area contributed by atoms with Gasteiger partial charge in [-0.3, -0.25) is 0 Å². The van der Waals surface area contributed by atoms with Crippen LogP contribution in [0.2, 0.25) is 5.02 Å². The number of anilines is 1. The number of aromatic carboxylic acids is 1. The molecule has 0 saturated heterocycles. The standard InChI is InChI=1S/C15H13ClFNO2/c1-9(10-2-5-12(16)6-3-10)18-14-7-4-11(15(19)20)8-13(14)17/h2-9,18H,1H3,(H,19,20). The summed E-state index contributed by atoms with van der Waals surface area (Å²) in [5, 5.41) is 12.4. The van der Waals surface area contributed by atoms with Gasteiger partial charge < -0.3 is 10.4 Å². The molecule has 0 aliphatic rings. The third-order valence-corrected chi connectivity index (χ3v) is 3.21. The van der Waals surface area contributed by atoms with Gasteiger partial charge in [-0.2, -0.15) is 0 Å². The van der Waals surface area contributed by atoms with Crippen molar-refractivity contribution in [2.45, 2.75) is 13.0 Å². The smallest absolute Gasteiger partial charge is 0.335 e. The number of carbonyl (C=O) groups is 1. The first kappa shape index (κ1) is 14.3. The molecular formula is C15H13ClFNO2. The minimum absolute atomic E-state index is 0.0767. The van der Waals surface area contributed by atoms with Crippen molar-refractivity contribution in [2.75, 3.05) is 5.32 Å². The average Bonchev–Trinajstić information content (AvgIpc) is 2.41. The minimum Gasteiger partial charge on any atom is -0.478 e. The molecule has 104 valence electrons. The van der Waals surface area contributed by atoms with Gasteiger partial charge >= 0.3 is 5.97 Å². The maximum Gasteiger partial charge on any atom is 0.335 e. The molecule has 0 bridgehead atoms. The third-order valence-electron chi connectivity index (χ3n) is 2.96. The molecule has 0 radical (unpaired) electrons. The van der Waals surface area contributed by atoms with Gasteiger partial charge in [0, 0.05) is 11.1 Å². The summed E-state index contributed by atoms with van der Waals surface area (Å²) in [4.78, 5) is 10.7. The van der Waals surface area contributed by atoms with E-state index in [0.717, 1.165) is 11.6 Å². The molecule has 20 heavy (non-hydrogen) atoms. The molecule has 0 aliphatic heterocycles. The van der Waals surface area contributed by atoms with Crippen LogP contribution in [0.4, 0.5) is 10.1 Å². The molecule has 0 saturated carbocycles. The summed E-state index contributed by atoms with van der Waals surface area (Å²) in [6, 6.07) is 10.9. The topological polar surface area (TPSA) is 49.3 Å². The molecule has 1 unspecified atom stereocenters. The monoisotopic (exact) mass is 293 g/mol. The maximum atomic E-state index is 13.8. The first-order valence-electron chi connectivity index (χ1n) is 6.02. The second kappa shape index (κ2) is 5.92. The summed E-state index contributed by atoms with van der Waals surface area (Å²) in [5.41, 5.74) is 1.14. The fourth-order valence-corrected chi connectivity index (χ4v) is 1.96. The van der Waals surface area contributed by atoms with Gasteiger partial charge in [0.15, 0.2) is 0 Å². The van der Waals surface area contributed by atoms with Gasteiger partial charge in [0.2, 0.25) is 0 Å². The summed E-state index contributed by atoms with van der Waals surface area (Å²) in [5.74, 6) is -1.74. The average molecular weight is 294 g/mol. The normalized spacial score (nSPS) is 11.9. The lowest BCUT2D eigenvalue weighted by Gasteiger charge is -2.16. The highest BCUT2D eigenvalue weighted by molar-refractivity contribution is 6.30. The van der Waals surface area contributed by atoms with Gasteiger partial charge in [-0.25, -0.2) is 9.18 Å². The van der Waals surface area contributed by atoms with Crippen molar-refractivity contribution in [3.63, 3.8) is 0 Å². The van der Waals surface area contributed by atoms with Crippen molar-refractivity contribution in [1.82, 2.24) is 0 Å². The highest BCUT2D eigenvalue weighted by Crippen LogP contribution is 2.23. The molecule has 2 aromatic rings. The number of carboxylic acids is 1. The van der Waals surface area contributed by atoms with E-state index in [2.05, 4.69) is 5.32 Å². The molecule has 0 aliphatic carbocycles. The van der Waals surface area contributed by atoms with Crippen LogP contribution < -0.4 is 5.32 Å². The summed E-state index contributed by atoms with van der Waals surface area (Å²) in [6.45, 7) is 1.88. The van der Waals surface area contributed by atoms with Crippen molar-refractivity contribution >= 4 is 23.3 Å². The molecule has 0 fully saturated rings. The van der Waals surface area contributed by atoms with E-state index >= 15 is 0 Å². The van der Waals surface area contributed by atoms with Crippen LogP contribution in [0.25, 0.3) is 0 Å². The second-order valence-corrected chi connectivity index (χ2v) is 4.85. The van der Waals surface area contributed by atoms with Crippen LogP contribution in [0.1, 0.15) is 28.9 Å². The lowest BCUT2D eigenvalue weighted by molar-refractivity contribution is 0.0696. The van der Waals surface area contributed by atoms with Crippen LogP contribution in [0.15, 0.2) is 42.5 Å². The zero-order chi connectivity index (χ0) is 14.7. The van der Waals surface area contributed by atoms with Gasteiger partial charge in [0.25, 0.3) is 0 Å². The van der Waals surface area contributed by atoms with Gasteiger partial charge in [-0.1, -0.05) is 23.7 Å². The van der Waals surface area contributed by atoms with Gasteiger partial charge in [0.05, 0.1) is 11.3 Å². The van der Waals surface area contributed by atoms with Crippen molar-refractivity contribution in [3.05, 3.63) is 64.4 Å². The Morgan fingerprint density at radius 1 is 1.25 bits per heavy atom. The van der Waals surface area contributed by atoms with Crippen LogP contribution in [0.5, 0.6) is 0 Å². The Bertz CT molecular complexity index is 628. The number of benzene rings is 2. The predicted molar refractivity (Wildman–Crippen MR) is 76.8 cm³/mol. The molecule has 2 aromatic carbocycles. The molecule has 2 rings (SSSR count). The number of rotatable bonds is 4. The third kappa shape index (κ3) is 3.27. The van der Waals surface area contributed by atoms with Crippen molar-refractivity contribution in [3.8, 4) is 0 Å². The zero-order valence-electron chi connectivity index (χ0n) is 10.7. The van der Waals surface area contributed by atoms with E-state index in [1.54, 1.807) is 12.1 Å². The van der Waals surface area contributed by atoms with Gasteiger partial charge in [-0.05, 0) is 42.8 Å². The fraction of sp³-hybridized carbons (Fsp3) is 0.133. The lowest BCUT2D eigenvalue weighted by atomic mass is 10.1. The molecular weight excluding hydrogens is 281 g/mol. The Balaban J connectivity index is 2.17. The Morgan fingerprint density at radius 2 is 1.90 bits per heavy atom. The van der Waals surface area contributed by atoms with E-state index in [0.29, 0.717) is 5.02 Å². The molecule has 0 spiro atoms. The van der Waals surface area contributed by atoms with Crippen molar-refractivity contribution < 1.29 is 14.3 Å². The maximum absolute atomic E-state index is 13.8. The Kier molecular flexibility index (Phi) is 4.25. The number of hydrogen-bond acceptors (Lipinski definition) is 2. The minimum atomic E-state index is -1.15. The summed E-state index contributed by atoms with van der Waals surface area (Å²) in [6.07, 6.45) is 0. The second-order valence-electron chi connectivity index (χ2n) is 4.42. The van der Waals surface area contributed by atoms with Crippen molar-refractivity contribution in [2.24, 2.45) is 0 Å². The summed E-state index contributed by atoms with van der Waals surface area (Å²) in [7, 11) is 0. The predicted octanol–water partition coefficient (Wildman–Crippen LogP) is 4.35. The SMILES string of the molecule is CC(Nc1ccc(C(=O)O)cc1F)c1ccc(Cl)cc1. The van der Waals surface area contributed by atoms with Crippen LogP contribution in [0.3, 0.4) is 0 Å². The van der Waals surface area contributed by atoms with E-state index in [-0.39, 0.29) is 17.3 Å². The first-order chi connectivity index (χ1) is 9.47. The number of nitrogens with one attached hydrogen (secondary N) is 1. The Morgan fingerprint density at radius 3 is 2.45 bits per heavy atom. The van der Waals surface area contributed by atoms with Gasteiger partial charge in [-0.15, -0.1) is 0 Å². The first-order valence-corrected chi connectivity index (χ1v) is 6.40. The molecule has 2 N–H and O–H groups in total. The molecule has 3 nitrogen and oxygen atoms in total. The molecule has 0 amide bonds. The quantitative estimate of drug-likeness (QED) is 0.881. The summed E-state index contributed by atoms with van der Waals surface area (Å²) >= 11 is 5.81. The number of hydrogen-bond donors (Lipinski definition) is 2. The largest absolute Gasteiger partial charge is 0.478 e. The van der Waals surface area contributed by atoms with Crippen molar-refractivity contribution in [1.29, 1.82) is 0 Å². The Labute approximate surface area is 121 Å². The van der Waals surface area contributed by atoms with Crippen LogP contribution in [-0.4, -0.2) is 11.1 Å². The van der Waals surface area contributed by atoms with E-state index in [4.69, 9.17) is 16.7 Å². The van der Waals surface area contributed by atoms with E-state index < -0.39 is 11.8 Å². The summed E-state index contributed by atoms with van der Waals surface area (Å²) < 4.78 is 13.8. The fourth-order valence-electron chi connectivity index (χ4n) is 1.83. The highest BCUT2D eigenvalue weighted by Gasteiger charge is 2.11. The van der Waals surface area contributed by atoms with Gasteiger partial charge in [0.1, 0.15) is 5.82 Å². The molecule has 0 heterocycles. The van der Waals surface area contributed by atoms with E-state index in [1.807, 2.05) is 19.1 Å². The lowest BCUT2D eigenvalue weighted by Crippen LogP contribution is -2.08. The number of carboxylic acid groups (broad SMARTS) is 1. The number of halogens is 2. The van der Waals surface area contributed by atoms with Crippen LogP contribution in [0, 0.1) is 5.82 Å². The molecule has 1 atom stereocenters. The zero-order valence-corrected chi connectivity index (χ0v) is 11.5. The van der Waals surface area contributed by atoms with E-state index in [9.17, 15) is 9.18 Å². The molecule has 5 heteroatoms. The van der Waals surface area contributed by atoms with Crippen LogP contribution >= 0.6 is 11.6 Å².